The number of nitrogens with zero attached hydrogens (tertiary/aromatic N) is 3. The molecule has 5 rings (SSSR count). The van der Waals surface area contributed by atoms with Crippen LogP contribution in [0.1, 0.15) is 5.82 Å². The van der Waals surface area contributed by atoms with Crippen LogP contribution in [-0.4, -0.2) is 9.32 Å². The minimum atomic E-state index is -3.05. The van der Waals surface area contributed by atoms with Gasteiger partial charge in [-0.05, 0) is 36.4 Å². The first-order chi connectivity index (χ1) is 12.3. The molecule has 0 radical (unpaired) electrons. The molecule has 0 spiro atoms. The first-order valence-corrected chi connectivity index (χ1v) is 9.86. The van der Waals surface area contributed by atoms with Crippen LogP contribution >= 0.6 is 7.44 Å². The van der Waals surface area contributed by atoms with E-state index in [1.165, 1.54) is 0 Å². The van der Waals surface area contributed by atoms with E-state index in [2.05, 4.69) is 0 Å². The molecule has 0 fully saturated rings. The number of hydrogen-bond acceptors (Lipinski definition) is 2. The van der Waals surface area contributed by atoms with E-state index in [1.807, 2.05) is 93.9 Å². The molecule has 3 aromatic carbocycles. The van der Waals surface area contributed by atoms with E-state index in [0.29, 0.717) is 6.54 Å². The van der Waals surface area contributed by atoms with Crippen LogP contribution in [0.4, 0.5) is 5.69 Å². The normalized spacial score (nSPS) is 19.3. The summed E-state index contributed by atoms with van der Waals surface area (Å²) in [5.74, 6) is 0.845. The molecule has 25 heavy (non-hydrogen) atoms. The summed E-state index contributed by atoms with van der Waals surface area (Å²) in [6.07, 6.45) is 0. The number of rotatable bonds is 2. The van der Waals surface area contributed by atoms with Crippen molar-refractivity contribution in [3.63, 3.8) is 0 Å². The van der Waals surface area contributed by atoms with Crippen molar-refractivity contribution in [2.45, 2.75) is 6.54 Å². The zero-order valence-electron chi connectivity index (χ0n) is 13.5. The minimum absolute atomic E-state index is 0.533. The van der Waals surface area contributed by atoms with E-state index in [4.69, 9.17) is 4.98 Å². The second kappa shape index (κ2) is 5.33. The number of hydrogen-bond donors (Lipinski definition) is 0. The topological polar surface area (TPSA) is 38.1 Å². The van der Waals surface area contributed by atoms with Gasteiger partial charge in [-0.1, -0.05) is 48.5 Å². The van der Waals surface area contributed by atoms with Gasteiger partial charge in [-0.15, -0.1) is 0 Å². The summed E-state index contributed by atoms with van der Waals surface area (Å²) in [5, 5.41) is 0.820. The number of benzene rings is 3. The SMILES string of the molecule is O=P1(c2ccccc2)N(c2ccccc2)Cc2nc3ccccc3n21. The maximum Gasteiger partial charge on any atom is 0.298 e. The zero-order chi connectivity index (χ0) is 16.9. The Morgan fingerprint density at radius 3 is 2.20 bits per heavy atom. The average Bonchev–Trinajstić information content (AvgIpc) is 3.19. The zero-order valence-corrected chi connectivity index (χ0v) is 14.4. The summed E-state index contributed by atoms with van der Waals surface area (Å²) in [6.45, 7) is 0.533. The van der Waals surface area contributed by atoms with Gasteiger partial charge in [0.2, 0.25) is 0 Å². The highest BCUT2D eigenvalue weighted by Crippen LogP contribution is 2.59. The third-order valence-corrected chi connectivity index (χ3v) is 7.63. The largest absolute Gasteiger partial charge is 0.298 e. The van der Waals surface area contributed by atoms with Crippen molar-refractivity contribution in [2.75, 3.05) is 4.67 Å². The lowest BCUT2D eigenvalue weighted by Crippen LogP contribution is -2.22. The monoisotopic (exact) mass is 345 g/mol. The number of imidazole rings is 1. The number of para-hydroxylation sites is 3. The molecule has 1 aromatic heterocycles. The van der Waals surface area contributed by atoms with Crippen LogP contribution in [-0.2, 0) is 11.1 Å². The number of fused-ring (bicyclic) bond motifs is 3. The van der Waals surface area contributed by atoms with Gasteiger partial charge in [-0.3, -0.25) is 13.6 Å². The molecule has 0 aliphatic carbocycles. The third kappa shape index (κ3) is 2.01. The molecule has 0 bridgehead atoms. The molecule has 0 saturated carbocycles. The first kappa shape index (κ1) is 14.5. The molecule has 2 heterocycles. The Kier molecular flexibility index (Phi) is 3.09. The molecular weight excluding hydrogens is 329 g/mol. The summed E-state index contributed by atoms with van der Waals surface area (Å²) in [6, 6.07) is 27.6. The van der Waals surface area contributed by atoms with Crippen molar-refractivity contribution < 1.29 is 4.57 Å². The van der Waals surface area contributed by atoms with Gasteiger partial charge in [0.15, 0.2) is 0 Å². The Balaban J connectivity index is 1.82. The fraction of sp³-hybridized carbons (Fsp3) is 0.0500. The fourth-order valence-electron chi connectivity index (χ4n) is 3.53. The molecule has 1 atom stereocenters. The van der Waals surface area contributed by atoms with Gasteiger partial charge < -0.3 is 0 Å². The van der Waals surface area contributed by atoms with Crippen LogP contribution in [0.15, 0.2) is 84.9 Å². The van der Waals surface area contributed by atoms with Gasteiger partial charge in [-0.2, -0.15) is 0 Å². The van der Waals surface area contributed by atoms with Crippen molar-refractivity contribution in [1.82, 2.24) is 9.32 Å². The van der Waals surface area contributed by atoms with Gasteiger partial charge in [0, 0.05) is 5.69 Å². The molecule has 4 aromatic rings. The standard InChI is InChI=1S/C20H16N3OP/c24-25(17-11-5-2-6-12-17)22(16-9-3-1-4-10-16)15-20-21-18-13-7-8-14-19(18)23(20)25/h1-14H,15H2. The maximum absolute atomic E-state index is 14.5. The summed E-state index contributed by atoms with van der Waals surface area (Å²) in [4.78, 5) is 4.74. The molecule has 1 aliphatic rings. The van der Waals surface area contributed by atoms with E-state index in [9.17, 15) is 4.57 Å². The van der Waals surface area contributed by atoms with Crippen molar-refractivity contribution >= 4 is 29.5 Å². The van der Waals surface area contributed by atoms with Crippen molar-refractivity contribution in [2.24, 2.45) is 0 Å². The van der Waals surface area contributed by atoms with E-state index >= 15 is 0 Å². The molecule has 122 valence electrons. The Labute approximate surface area is 145 Å². The molecule has 4 nitrogen and oxygen atoms in total. The van der Waals surface area contributed by atoms with Crippen molar-refractivity contribution in [1.29, 1.82) is 0 Å². The lowest BCUT2D eigenvalue weighted by molar-refractivity contribution is 0.577. The number of anilines is 1. The first-order valence-electron chi connectivity index (χ1n) is 8.24. The minimum Gasteiger partial charge on any atom is -0.295 e. The highest BCUT2D eigenvalue weighted by atomic mass is 31.2. The molecule has 1 aliphatic heterocycles. The predicted molar refractivity (Wildman–Crippen MR) is 101 cm³/mol. The van der Waals surface area contributed by atoms with Gasteiger partial charge in [0.25, 0.3) is 7.44 Å². The Hall–Kier alpha value is -2.84. The summed E-state index contributed by atoms with van der Waals surface area (Å²) in [5.41, 5.74) is 2.76. The van der Waals surface area contributed by atoms with E-state index in [0.717, 1.165) is 27.8 Å². The van der Waals surface area contributed by atoms with Crippen LogP contribution in [0.5, 0.6) is 0 Å². The van der Waals surface area contributed by atoms with Crippen molar-refractivity contribution in [3.05, 3.63) is 90.8 Å². The molecule has 5 heteroatoms. The Morgan fingerprint density at radius 2 is 1.44 bits per heavy atom. The highest BCUT2D eigenvalue weighted by molar-refractivity contribution is 7.72. The smallest absolute Gasteiger partial charge is 0.295 e. The van der Waals surface area contributed by atoms with Crippen LogP contribution in [0.25, 0.3) is 11.0 Å². The van der Waals surface area contributed by atoms with Gasteiger partial charge in [0.1, 0.15) is 5.82 Å². The van der Waals surface area contributed by atoms with Gasteiger partial charge in [0.05, 0.1) is 22.9 Å². The average molecular weight is 345 g/mol. The lowest BCUT2D eigenvalue weighted by Gasteiger charge is -2.28. The highest BCUT2D eigenvalue weighted by Gasteiger charge is 2.44. The van der Waals surface area contributed by atoms with Gasteiger partial charge >= 0.3 is 0 Å². The predicted octanol–water partition coefficient (Wildman–Crippen LogP) is 4.42. The second-order valence-corrected chi connectivity index (χ2v) is 8.59. The summed E-state index contributed by atoms with van der Waals surface area (Å²) >= 11 is 0. The van der Waals surface area contributed by atoms with Crippen LogP contribution in [0, 0.1) is 0 Å². The van der Waals surface area contributed by atoms with Crippen molar-refractivity contribution in [3.8, 4) is 0 Å². The molecule has 1 unspecified atom stereocenters. The maximum atomic E-state index is 14.5. The second-order valence-electron chi connectivity index (χ2n) is 6.10. The third-order valence-electron chi connectivity index (χ3n) is 4.64. The van der Waals surface area contributed by atoms with E-state index in [1.54, 1.807) is 0 Å². The van der Waals surface area contributed by atoms with Gasteiger partial charge in [-0.25, -0.2) is 4.98 Å². The van der Waals surface area contributed by atoms with Crippen LogP contribution < -0.4 is 9.97 Å². The van der Waals surface area contributed by atoms with E-state index < -0.39 is 7.44 Å². The van der Waals surface area contributed by atoms with Crippen LogP contribution in [0.2, 0.25) is 0 Å². The molecule has 0 amide bonds. The summed E-state index contributed by atoms with van der Waals surface area (Å²) in [7, 11) is -3.05. The molecule has 0 N–H and O–H groups in total. The van der Waals surface area contributed by atoms with E-state index in [-0.39, 0.29) is 0 Å². The quantitative estimate of drug-likeness (QED) is 0.505. The fourth-order valence-corrected chi connectivity index (χ4v) is 6.46. The molecule has 0 saturated heterocycles. The Morgan fingerprint density at radius 1 is 0.800 bits per heavy atom. The Bertz CT molecular complexity index is 1110. The lowest BCUT2D eigenvalue weighted by atomic mass is 10.3. The summed E-state index contributed by atoms with van der Waals surface area (Å²) < 4.78 is 18.4. The van der Waals surface area contributed by atoms with Crippen LogP contribution in [0.3, 0.4) is 0 Å². The number of aromatic nitrogens is 2. The molecular formula is C20H16N3OP.